The van der Waals surface area contributed by atoms with Gasteiger partial charge in [0.2, 0.25) is 7.58 Å². The highest BCUT2D eigenvalue weighted by molar-refractivity contribution is 7.94. The average molecular weight is 197 g/mol. The molecule has 0 bridgehead atoms. The fourth-order valence-electron chi connectivity index (χ4n) is 0.939. The van der Waals surface area contributed by atoms with Crippen LogP contribution < -0.4 is 4.62 Å². The Morgan fingerprint density at radius 2 is 2.25 bits per heavy atom. The minimum Gasteiger partial charge on any atom is -0.326 e. The van der Waals surface area contributed by atoms with Crippen molar-refractivity contribution >= 4 is 30.4 Å². The summed E-state index contributed by atoms with van der Waals surface area (Å²) in [6, 6.07) is 7.52. The molecule has 6 heteroatoms. The monoisotopic (exact) mass is 197 g/mol. The molecule has 1 aromatic heterocycles. The van der Waals surface area contributed by atoms with Crippen molar-refractivity contribution in [2.75, 3.05) is 0 Å². The van der Waals surface area contributed by atoms with Crippen LogP contribution in [-0.4, -0.2) is 15.2 Å². The molecule has 0 aliphatic heterocycles. The minimum absolute atomic E-state index is 0.389. The van der Waals surface area contributed by atoms with Crippen molar-refractivity contribution in [1.29, 1.82) is 0 Å². The molecule has 2 rings (SSSR count). The van der Waals surface area contributed by atoms with Crippen LogP contribution >= 0.6 is 7.58 Å². The van der Waals surface area contributed by atoms with Crippen molar-refractivity contribution in [2.24, 2.45) is 0 Å². The Morgan fingerprint density at radius 3 is 3.08 bits per heavy atom. The second-order valence-electron chi connectivity index (χ2n) is 2.11. The smallest absolute Gasteiger partial charge is 0.239 e. The molecule has 0 saturated carbocycles. The fourth-order valence-corrected chi connectivity index (χ4v) is 1.31. The van der Waals surface area contributed by atoms with Gasteiger partial charge in [-0.05, 0) is 29.2 Å². The molecule has 0 spiro atoms. The molecule has 1 aromatic carbocycles. The zero-order valence-electron chi connectivity index (χ0n) is 5.91. The highest BCUT2D eigenvalue weighted by Crippen LogP contribution is 2.09. The summed E-state index contributed by atoms with van der Waals surface area (Å²) in [7, 11) is 0.389. The van der Waals surface area contributed by atoms with E-state index in [1.54, 1.807) is 0 Å². The molecule has 4 nitrogen and oxygen atoms in total. The number of aromatic nitrogens is 3. The third-order valence-corrected chi connectivity index (χ3v) is 1.85. The van der Waals surface area contributed by atoms with Crippen LogP contribution in [0.25, 0.3) is 11.0 Å². The molecule has 0 unspecified atom stereocenters. The molecule has 60 valence electrons. The van der Waals surface area contributed by atoms with E-state index in [2.05, 4.69) is 22.1 Å². The van der Waals surface area contributed by atoms with Gasteiger partial charge in [0, 0.05) is 0 Å². The molecule has 0 saturated heterocycles. The third kappa shape index (κ3) is 1.17. The number of rotatable bonds is 2. The largest absolute Gasteiger partial charge is 0.326 e. The first kappa shape index (κ1) is 7.58. The van der Waals surface area contributed by atoms with Crippen molar-refractivity contribution in [3.63, 3.8) is 0 Å². The van der Waals surface area contributed by atoms with E-state index in [0.29, 0.717) is 7.58 Å². The number of hydrogen-bond donors (Lipinski definition) is 0. The highest BCUT2D eigenvalue weighted by Gasteiger charge is 2.01. The predicted molar refractivity (Wildman–Crippen MR) is 48.4 cm³/mol. The van der Waals surface area contributed by atoms with E-state index >= 15 is 0 Å². The lowest BCUT2D eigenvalue weighted by atomic mass is 10.3. The van der Waals surface area contributed by atoms with Crippen LogP contribution in [0.15, 0.2) is 24.3 Å². The molecular weight excluding hydrogens is 193 g/mol. The van der Waals surface area contributed by atoms with E-state index in [0.717, 1.165) is 11.0 Å². The first-order valence-electron chi connectivity index (χ1n) is 3.22. The molecular formula is C6H4N3OPS. The van der Waals surface area contributed by atoms with Crippen LogP contribution in [0.4, 0.5) is 0 Å². The molecule has 0 N–H and O–H groups in total. The van der Waals surface area contributed by atoms with Gasteiger partial charge < -0.3 is 4.62 Å². The Balaban J connectivity index is 2.62. The summed E-state index contributed by atoms with van der Waals surface area (Å²) < 4.78 is 4.99. The zero-order valence-corrected chi connectivity index (χ0v) is 7.63. The topological polar surface area (TPSA) is 39.9 Å². The van der Waals surface area contributed by atoms with E-state index in [9.17, 15) is 0 Å². The Morgan fingerprint density at radius 1 is 1.42 bits per heavy atom. The fraction of sp³-hybridized carbons (Fsp3) is 0. The van der Waals surface area contributed by atoms with Crippen molar-refractivity contribution in [1.82, 2.24) is 15.2 Å². The Bertz CT molecular complexity index is 416. The lowest BCUT2D eigenvalue weighted by molar-refractivity contribution is 0.278. The SMILES string of the molecule is S=POn1nnc2ccccc21. The van der Waals surface area contributed by atoms with E-state index in [1.165, 1.54) is 4.85 Å². The summed E-state index contributed by atoms with van der Waals surface area (Å²) in [5.74, 6) is 0. The molecule has 2 aromatic rings. The van der Waals surface area contributed by atoms with Crippen LogP contribution in [0.2, 0.25) is 0 Å². The van der Waals surface area contributed by atoms with Crippen molar-refractivity contribution < 1.29 is 4.62 Å². The molecule has 0 aliphatic carbocycles. The maximum absolute atomic E-state index is 4.99. The Labute approximate surface area is 75.0 Å². The molecule has 0 amide bonds. The van der Waals surface area contributed by atoms with E-state index in [-0.39, 0.29) is 0 Å². The van der Waals surface area contributed by atoms with Gasteiger partial charge >= 0.3 is 0 Å². The molecule has 0 atom stereocenters. The normalized spacial score (nSPS) is 10.7. The summed E-state index contributed by atoms with van der Waals surface area (Å²) in [4.78, 5) is 1.32. The molecule has 1 heterocycles. The number of para-hydroxylation sites is 1. The minimum atomic E-state index is 0.389. The van der Waals surface area contributed by atoms with Crippen molar-refractivity contribution in [3.05, 3.63) is 24.3 Å². The molecule has 0 fully saturated rings. The summed E-state index contributed by atoms with van der Waals surface area (Å²) in [6.45, 7) is 0. The Hall–Kier alpha value is -1.06. The maximum atomic E-state index is 4.99. The van der Waals surface area contributed by atoms with Gasteiger partial charge in [0.15, 0.2) is 0 Å². The van der Waals surface area contributed by atoms with Crippen molar-refractivity contribution in [2.45, 2.75) is 0 Å². The van der Waals surface area contributed by atoms with Gasteiger partial charge in [0.1, 0.15) is 11.0 Å². The van der Waals surface area contributed by atoms with E-state index < -0.39 is 0 Å². The second kappa shape index (κ2) is 3.13. The van der Waals surface area contributed by atoms with Gasteiger partial charge in [-0.25, -0.2) is 0 Å². The average Bonchev–Trinajstić information content (AvgIpc) is 2.50. The first-order chi connectivity index (χ1) is 5.92. The van der Waals surface area contributed by atoms with Gasteiger partial charge in [0.25, 0.3) is 0 Å². The van der Waals surface area contributed by atoms with E-state index in [1.807, 2.05) is 24.3 Å². The van der Waals surface area contributed by atoms with Crippen LogP contribution in [-0.2, 0) is 11.8 Å². The van der Waals surface area contributed by atoms with Gasteiger partial charge in [-0.2, -0.15) is 0 Å². The van der Waals surface area contributed by atoms with Gasteiger partial charge in [-0.1, -0.05) is 17.0 Å². The lowest BCUT2D eigenvalue weighted by Crippen LogP contribution is -2.01. The standard InChI is InChI=1S/C6H4N3OPS/c12-11-10-9-6-4-2-1-3-5(6)7-8-9/h1-4H. The van der Waals surface area contributed by atoms with Crippen LogP contribution in [0.1, 0.15) is 0 Å². The number of nitrogens with zero attached hydrogens (tertiary/aromatic N) is 3. The third-order valence-electron chi connectivity index (χ3n) is 1.43. The highest BCUT2D eigenvalue weighted by atomic mass is 32.4. The molecule has 0 aliphatic rings. The molecule has 0 radical (unpaired) electrons. The van der Waals surface area contributed by atoms with Crippen LogP contribution in [0.5, 0.6) is 0 Å². The number of benzene rings is 1. The number of hydrogen-bond acceptors (Lipinski definition) is 4. The zero-order chi connectivity index (χ0) is 8.39. The number of fused-ring (bicyclic) bond motifs is 1. The summed E-state index contributed by atoms with van der Waals surface area (Å²) >= 11 is 4.62. The predicted octanol–water partition coefficient (Wildman–Crippen LogP) is 1.18. The van der Waals surface area contributed by atoms with Gasteiger partial charge in [-0.15, -0.1) is 5.10 Å². The summed E-state index contributed by atoms with van der Waals surface area (Å²) in [6.07, 6.45) is 0. The Kier molecular flexibility index (Phi) is 1.98. The first-order valence-corrected chi connectivity index (χ1v) is 5.05. The van der Waals surface area contributed by atoms with Crippen molar-refractivity contribution in [3.8, 4) is 0 Å². The van der Waals surface area contributed by atoms with Crippen LogP contribution in [0.3, 0.4) is 0 Å². The van der Waals surface area contributed by atoms with E-state index in [4.69, 9.17) is 4.62 Å². The van der Waals surface area contributed by atoms with Gasteiger partial charge in [0.05, 0.1) is 0 Å². The maximum Gasteiger partial charge on any atom is 0.239 e. The molecule has 12 heavy (non-hydrogen) atoms. The van der Waals surface area contributed by atoms with Crippen LogP contribution in [0, 0.1) is 0 Å². The summed E-state index contributed by atoms with van der Waals surface area (Å²) in [5.41, 5.74) is 1.63. The lowest BCUT2D eigenvalue weighted by Gasteiger charge is -1.93. The second-order valence-corrected chi connectivity index (χ2v) is 2.87. The quantitative estimate of drug-likeness (QED) is 0.678. The summed E-state index contributed by atoms with van der Waals surface area (Å²) in [5, 5.41) is 7.63. The van der Waals surface area contributed by atoms with Gasteiger partial charge in [-0.3, -0.25) is 0 Å².